The van der Waals surface area contributed by atoms with Crippen LogP contribution in [0.4, 0.5) is 0 Å². The fourth-order valence-corrected chi connectivity index (χ4v) is 20.3. The Morgan fingerprint density at radius 3 is 0.860 bits per heavy atom. The monoisotopic (exact) mass is 1830 g/mol. The number of unbranched alkanes of at least 4 members (excludes halogenated alkanes) is 2. The standard InChI is InChI=1S/C7H9ClO7P2S.C7H11NO7P2.C6H17NO7P2.C4H13NO7P2.C3H11NO7P2.C2H8O7P2.CH4Cl2O6P2/c8-5-1-3-6(4-2-5)18-7(9,16(10,11)12)17(13,14)15;9-7(16(10,11)12,17(13,14)15)4-6-2-1-3-8-5-6;7-5-3-1-2-4-6(8,15(9,10)11)16(12,13)14;5-3-1-2-4(6,13(7,8)9)14(10,11)12;4-2-1-3(5,12(6,7)8)13(9,10)11;1-2(3,10(4,5)6)11(7,8)9;2-1(3,10(4,5)6)11(7,8)9/h1-4,9H,(H2,10,11,12)(H2,13,14,15);1-3,5,9H,4H2,(H2,10,11,12)(H2,13,14,15);8H,1-5,7H2,(H2,9,10,11)(H2,12,13,14);6H,1-3,5H2,(H2,7,8,9)(H2,10,11,12);5H,1-2,4H2,(H2,6,7,8)(H2,9,10,11);3H,1H3,(H2,4,5,6)(H2,7,8,9);(H2,4,5,6)(H2,7,8,9). The molecular formula is C30H73Cl3N4O48P14S. The first kappa shape index (κ1) is 110. The summed E-state index contributed by atoms with van der Waals surface area (Å²) < 4.78 is 143. The minimum atomic E-state index is -5.46. The Labute approximate surface area is 579 Å². The van der Waals surface area contributed by atoms with Gasteiger partial charge in [-0.25, -0.2) is 0 Å². The van der Waals surface area contributed by atoms with Crippen molar-refractivity contribution in [1.29, 1.82) is 0 Å². The molecule has 0 spiro atoms. The van der Waals surface area contributed by atoms with Gasteiger partial charge in [0.15, 0.2) is 0 Å². The van der Waals surface area contributed by atoms with Crippen molar-refractivity contribution in [2.75, 3.05) is 19.6 Å². The summed E-state index contributed by atoms with van der Waals surface area (Å²) in [7, 11) is -74.4. The lowest BCUT2D eigenvalue weighted by molar-refractivity contribution is 0.120. The first-order valence-corrected chi connectivity index (χ1v) is 48.7. The molecule has 1 heterocycles. The number of alkyl halides is 2. The fourth-order valence-electron chi connectivity index (χ4n) is 5.04. The molecule has 70 heteroatoms. The molecule has 0 fully saturated rings. The number of thioether (sulfide) groups is 1. The van der Waals surface area contributed by atoms with E-state index in [0.29, 0.717) is 31.3 Å². The van der Waals surface area contributed by atoms with Crippen molar-refractivity contribution in [3.63, 3.8) is 0 Å². The molecule has 0 atom stereocenters. The predicted molar refractivity (Wildman–Crippen MR) is 343 cm³/mol. The molecule has 0 bridgehead atoms. The van der Waals surface area contributed by atoms with E-state index >= 15 is 0 Å². The second-order valence-corrected chi connectivity index (χ2v) is 51.6. The zero-order chi connectivity index (χ0) is 82.1. The zero-order valence-electron chi connectivity index (χ0n) is 49.3. The molecule has 0 aliphatic carbocycles. The number of halogens is 3. The maximum Gasteiger partial charge on any atom is 0.380 e. The SMILES string of the molecule is CC(O)(P(=O)(O)O)P(=O)(O)O.NCCC(O)(P(=O)(O)O)P(=O)(O)O.NCCCC(O)(P(=O)(O)O)P(=O)(O)O.NCCCCCC(O)(P(=O)(O)O)P(=O)(O)O.O=P(O)(O)C(Cl)(Cl)P(=O)(O)O.O=P(O)(O)C(O)(Cc1cccnc1)P(=O)(O)O.O=P(O)(O)C(O)(Sc1ccc(Cl)cc1)P(=O)(O)O. The number of aromatic nitrogens is 1. The first-order chi connectivity index (χ1) is 43.2. The molecule has 1 aromatic carbocycles. The van der Waals surface area contributed by atoms with Crippen molar-refractivity contribution in [2.24, 2.45) is 17.2 Å². The summed E-state index contributed by atoms with van der Waals surface area (Å²) >= 11 is 15.0. The minimum absolute atomic E-state index is 0.0157. The molecule has 40 N–H and O–H groups in total. The minimum Gasteiger partial charge on any atom is -0.368 e. The molecular weight excluding hydrogens is 1760 g/mol. The molecule has 1 aromatic heterocycles. The van der Waals surface area contributed by atoms with Crippen molar-refractivity contribution < 1.29 is 232 Å². The van der Waals surface area contributed by atoms with E-state index in [1.165, 1.54) is 42.6 Å². The van der Waals surface area contributed by atoms with E-state index < -0.39 is 172 Å². The second-order valence-electron chi connectivity index (χ2n) is 18.9. The van der Waals surface area contributed by atoms with Gasteiger partial charge in [0, 0.05) is 41.6 Å². The maximum atomic E-state index is 11.1. The molecule has 0 aliphatic heterocycles. The molecule has 0 unspecified atom stereocenters. The molecule has 0 amide bonds. The number of benzene rings is 1. The van der Waals surface area contributed by atoms with E-state index in [4.69, 9.17) is 199 Å². The Hall–Kier alpha value is 1.33. The Morgan fingerprint density at radius 2 is 0.660 bits per heavy atom. The molecule has 0 radical (unpaired) electrons. The lowest BCUT2D eigenvalue weighted by Crippen LogP contribution is -2.31. The average Bonchev–Trinajstić information content (AvgIpc) is 0.763. The van der Waals surface area contributed by atoms with Gasteiger partial charge in [0.05, 0.1) is 0 Å². The number of nitrogens with two attached hydrogens (primary N) is 3. The summed E-state index contributed by atoms with van der Waals surface area (Å²) in [5, 5.41) is 39.2. The van der Waals surface area contributed by atoms with Gasteiger partial charge < -0.3 is 185 Å². The van der Waals surface area contributed by atoms with Gasteiger partial charge in [-0.05, 0) is 88.1 Å². The number of hydrogen-bond donors (Lipinski definition) is 37. The van der Waals surface area contributed by atoms with Gasteiger partial charge in [-0.1, -0.05) is 59.1 Å². The van der Waals surface area contributed by atoms with Gasteiger partial charge in [-0.3, -0.25) is 68.9 Å². The van der Waals surface area contributed by atoms with Crippen molar-refractivity contribution in [1.82, 2.24) is 4.98 Å². The summed E-state index contributed by atoms with van der Waals surface area (Å²) in [6.45, 7) is 0.258. The van der Waals surface area contributed by atoms with Crippen molar-refractivity contribution in [2.45, 2.75) is 96.8 Å². The number of pyridine rings is 1. The lowest BCUT2D eigenvalue weighted by atomic mass is 10.2. The smallest absolute Gasteiger partial charge is 0.368 e. The highest BCUT2D eigenvalue weighted by molar-refractivity contribution is 8.13. The highest BCUT2D eigenvalue weighted by atomic mass is 35.5. The highest BCUT2D eigenvalue weighted by Gasteiger charge is 2.64. The molecule has 2 rings (SSSR count). The van der Waals surface area contributed by atoms with Crippen LogP contribution in [-0.2, 0) is 70.3 Å². The fraction of sp³-hybridized carbons (Fsp3) is 0.633. The van der Waals surface area contributed by atoms with Gasteiger partial charge in [-0.15, -0.1) is 0 Å². The topological polar surface area (TPSA) is 1020 Å². The molecule has 100 heavy (non-hydrogen) atoms. The third kappa shape index (κ3) is 32.7. The van der Waals surface area contributed by atoms with E-state index in [-0.39, 0.29) is 41.6 Å². The Balaban J connectivity index is -0.000000354. The normalized spacial score (nSPS) is 14.3. The van der Waals surface area contributed by atoms with E-state index in [0.717, 1.165) is 6.20 Å². The number of hydrogen-bond acceptors (Lipinski definition) is 25. The Morgan fingerprint density at radius 1 is 0.370 bits per heavy atom. The average molecular weight is 1830 g/mol. The maximum absolute atomic E-state index is 11.1. The van der Waals surface area contributed by atoms with Gasteiger partial charge in [0.25, 0.3) is 25.4 Å². The van der Waals surface area contributed by atoms with Crippen LogP contribution in [0.15, 0.2) is 53.7 Å². The van der Waals surface area contributed by atoms with Gasteiger partial charge in [0.1, 0.15) is 0 Å². The van der Waals surface area contributed by atoms with Crippen LogP contribution in [-0.4, -0.2) is 226 Å². The zero-order valence-corrected chi connectivity index (χ0v) is 64.9. The number of rotatable bonds is 28. The summed E-state index contributed by atoms with van der Waals surface area (Å²) in [6.07, 6.45) is 0.290. The number of aliphatic hydroxyl groups is 6. The van der Waals surface area contributed by atoms with E-state index in [9.17, 15) is 84.3 Å². The Kier molecular flexibility index (Phi) is 44.0. The number of nitrogens with zero attached hydrogens (tertiary/aromatic N) is 1. The van der Waals surface area contributed by atoms with Crippen LogP contribution in [0.1, 0.15) is 57.4 Å². The third-order valence-electron chi connectivity index (χ3n) is 10.9. The highest BCUT2D eigenvalue weighted by Crippen LogP contribution is 2.76. The lowest BCUT2D eigenvalue weighted by Gasteiger charge is -2.29. The summed E-state index contributed by atoms with van der Waals surface area (Å²) in [4.78, 5) is 244. The molecule has 0 aliphatic rings. The van der Waals surface area contributed by atoms with Crippen LogP contribution < -0.4 is 17.2 Å². The van der Waals surface area contributed by atoms with Gasteiger partial charge >= 0.3 is 115 Å². The third-order valence-corrected chi connectivity index (χ3v) is 41.8. The van der Waals surface area contributed by atoms with Crippen LogP contribution in [0.2, 0.25) is 5.02 Å². The van der Waals surface area contributed by atoms with Crippen molar-refractivity contribution in [3.05, 3.63) is 59.4 Å². The van der Waals surface area contributed by atoms with E-state index in [1.807, 2.05) is 0 Å². The van der Waals surface area contributed by atoms with Gasteiger partial charge in [0.2, 0.25) is 0 Å². The molecule has 0 saturated carbocycles. The van der Waals surface area contributed by atoms with E-state index in [1.54, 1.807) is 0 Å². The predicted octanol–water partition coefficient (Wildman–Crippen LogP) is -2.97. The van der Waals surface area contributed by atoms with Crippen LogP contribution in [0.5, 0.6) is 0 Å². The molecule has 0 saturated heterocycles. The van der Waals surface area contributed by atoms with E-state index in [2.05, 4.69) is 4.98 Å². The van der Waals surface area contributed by atoms with Crippen LogP contribution in [0.25, 0.3) is 0 Å². The summed E-state index contributed by atoms with van der Waals surface area (Å²) in [6, 6.07) is 7.98. The first-order valence-electron chi connectivity index (χ1n) is 24.2. The molecule has 52 nitrogen and oxygen atoms in total. The molecule has 598 valence electrons. The Bertz CT molecular complexity index is 3420. The van der Waals surface area contributed by atoms with Crippen LogP contribution >= 0.6 is 153 Å². The summed E-state index contributed by atoms with van der Waals surface area (Å²) in [5.41, 5.74) is 15.1. The largest absolute Gasteiger partial charge is 0.380 e. The summed E-state index contributed by atoms with van der Waals surface area (Å²) in [5.74, 6) is 0. The second kappa shape index (κ2) is 40.0. The van der Waals surface area contributed by atoms with Crippen LogP contribution in [0, 0.1) is 0 Å². The van der Waals surface area contributed by atoms with Crippen molar-refractivity contribution in [3.8, 4) is 0 Å². The molecule has 2 aromatic rings. The van der Waals surface area contributed by atoms with Gasteiger partial charge in [-0.2, -0.15) is 0 Å². The van der Waals surface area contributed by atoms with Crippen LogP contribution in [0.3, 0.4) is 0 Å². The van der Waals surface area contributed by atoms with Crippen molar-refractivity contribution >= 4 is 153 Å². The quantitative estimate of drug-likeness (QED) is 0.0133.